The third kappa shape index (κ3) is 5.49. The molecule has 0 unspecified atom stereocenters. The van der Waals surface area contributed by atoms with Crippen molar-refractivity contribution in [2.75, 3.05) is 0 Å². The Kier molecular flexibility index (Phi) is 7.60. The molecular weight excluding hydrogens is 797 g/mol. The van der Waals surface area contributed by atoms with Crippen LogP contribution in [0.3, 0.4) is 0 Å². The van der Waals surface area contributed by atoms with Gasteiger partial charge in [0.25, 0.3) is 0 Å². The second-order valence-electron chi connectivity index (χ2n) is 15.7. The number of pyridine rings is 2. The van der Waals surface area contributed by atoms with E-state index in [0.717, 1.165) is 54.8 Å². The number of nitrogens with zero attached hydrogens (tertiary/aromatic N) is 6. The van der Waals surface area contributed by atoms with E-state index in [4.69, 9.17) is 29.9 Å². The molecule has 8 bridgehead atoms. The van der Waals surface area contributed by atoms with Crippen molar-refractivity contribution in [1.82, 2.24) is 49.8 Å². The fourth-order valence-corrected chi connectivity index (χ4v) is 8.93. The molecule has 0 spiro atoms. The van der Waals surface area contributed by atoms with Gasteiger partial charge in [0.2, 0.25) is 0 Å². The predicted octanol–water partition coefficient (Wildman–Crippen LogP) is 10.5. The summed E-state index contributed by atoms with van der Waals surface area (Å²) in [5, 5.41) is 6.26. The summed E-state index contributed by atoms with van der Waals surface area (Å²) in [6.07, 6.45) is 0. The SMILES string of the molecule is O=c1c2ccccc2[nH]c2cc3c(=O)c4ccccc4[nH]c3cc12.c1ccc2c(c1)-c1nc-2nc2[nH]c(nc3nc(nc4[nH]c(n1)c1ccccc41)-c1ccccc1-3)c1ccccc21. The maximum atomic E-state index is 12.8. The van der Waals surface area contributed by atoms with Gasteiger partial charge in [-0.15, -0.1) is 0 Å². The Balaban J connectivity index is 0.000000147. The Bertz CT molecular complexity index is 3850. The number of rotatable bonds is 0. The summed E-state index contributed by atoms with van der Waals surface area (Å²) in [5.74, 6) is 2.39. The number of nitrogens with one attached hydrogen (secondary N) is 4. The topological polar surface area (TPSA) is 175 Å². The lowest BCUT2D eigenvalue weighted by atomic mass is 10.1. The third-order valence-electron chi connectivity index (χ3n) is 12.0. The Morgan fingerprint density at radius 3 is 0.875 bits per heavy atom. The Morgan fingerprint density at radius 2 is 0.547 bits per heavy atom. The maximum Gasteiger partial charge on any atom is 0.197 e. The molecule has 12 aromatic rings. The molecule has 300 valence electrons. The summed E-state index contributed by atoms with van der Waals surface area (Å²) in [7, 11) is 0. The van der Waals surface area contributed by atoms with E-state index in [9.17, 15) is 9.59 Å². The zero-order chi connectivity index (χ0) is 42.5. The number of fused-ring (bicyclic) bond motifs is 24. The molecule has 0 radical (unpaired) electrons. The van der Waals surface area contributed by atoms with Gasteiger partial charge in [-0.05, 0) is 36.4 Å². The average Bonchev–Trinajstić information content (AvgIpc) is 4.08. The molecule has 4 N–H and O–H groups in total. The number of para-hydroxylation sites is 2. The first kappa shape index (κ1) is 35.6. The largest absolute Gasteiger partial charge is 0.354 e. The van der Waals surface area contributed by atoms with E-state index >= 15 is 0 Å². The summed E-state index contributed by atoms with van der Waals surface area (Å²) in [5.41, 5.74) is 9.27. The number of benzene rings is 7. The van der Waals surface area contributed by atoms with Gasteiger partial charge in [-0.3, -0.25) is 9.59 Å². The number of H-pyrrole nitrogens is 4. The van der Waals surface area contributed by atoms with Gasteiger partial charge in [0.15, 0.2) is 34.2 Å². The Labute approximate surface area is 360 Å². The zero-order valence-electron chi connectivity index (χ0n) is 33.5. The van der Waals surface area contributed by atoms with E-state index in [1.165, 1.54) is 0 Å². The van der Waals surface area contributed by atoms with Gasteiger partial charge in [-0.2, -0.15) is 0 Å². The first-order valence-electron chi connectivity index (χ1n) is 20.7. The molecule has 12 nitrogen and oxygen atoms in total. The van der Waals surface area contributed by atoms with Crippen LogP contribution in [-0.2, 0) is 0 Å². The van der Waals surface area contributed by atoms with Gasteiger partial charge >= 0.3 is 0 Å². The van der Waals surface area contributed by atoms with E-state index < -0.39 is 0 Å². The van der Waals surface area contributed by atoms with Gasteiger partial charge in [-0.25, -0.2) is 29.9 Å². The highest BCUT2D eigenvalue weighted by Crippen LogP contribution is 2.37. The Hall–Kier alpha value is -9.16. The number of aromatic nitrogens is 10. The number of hydrogen-bond donors (Lipinski definition) is 4. The highest BCUT2D eigenvalue weighted by Gasteiger charge is 2.22. The van der Waals surface area contributed by atoms with Crippen LogP contribution in [0, 0.1) is 0 Å². The van der Waals surface area contributed by atoms with Crippen molar-refractivity contribution in [3.63, 3.8) is 0 Å². The van der Waals surface area contributed by atoms with Crippen LogP contribution in [0.4, 0.5) is 0 Å². The molecule has 2 aliphatic rings. The molecule has 64 heavy (non-hydrogen) atoms. The molecule has 12 heteroatoms. The molecule has 0 saturated carbocycles. The van der Waals surface area contributed by atoms with Crippen LogP contribution in [-0.4, -0.2) is 49.8 Å². The summed E-state index contributed by atoms with van der Waals surface area (Å²) in [4.78, 5) is 68.8. The summed E-state index contributed by atoms with van der Waals surface area (Å²) >= 11 is 0. The average molecular weight is 827 g/mol. The lowest BCUT2D eigenvalue weighted by Gasteiger charge is -2.06. The van der Waals surface area contributed by atoms with E-state index in [0.29, 0.717) is 78.5 Å². The number of hydrogen-bond acceptors (Lipinski definition) is 8. The van der Waals surface area contributed by atoms with Gasteiger partial charge in [-0.1, -0.05) is 121 Å². The summed E-state index contributed by atoms with van der Waals surface area (Å²) < 4.78 is 0. The van der Waals surface area contributed by atoms with Crippen LogP contribution < -0.4 is 10.9 Å². The minimum atomic E-state index is -0.0322. The fraction of sp³-hybridized carbons (Fsp3) is 0. The minimum absolute atomic E-state index is 0.0322. The minimum Gasteiger partial charge on any atom is -0.354 e. The van der Waals surface area contributed by atoms with Crippen molar-refractivity contribution >= 4 is 87.7 Å². The molecule has 14 rings (SSSR count). The zero-order valence-corrected chi connectivity index (χ0v) is 33.5. The third-order valence-corrected chi connectivity index (χ3v) is 12.0. The molecule has 0 fully saturated rings. The first-order valence-corrected chi connectivity index (χ1v) is 20.7. The van der Waals surface area contributed by atoms with Crippen LogP contribution in [0.2, 0.25) is 0 Å². The second kappa shape index (κ2) is 13.7. The van der Waals surface area contributed by atoms with Crippen molar-refractivity contribution in [2.24, 2.45) is 0 Å². The van der Waals surface area contributed by atoms with Crippen LogP contribution in [0.25, 0.3) is 133 Å². The Morgan fingerprint density at radius 1 is 0.266 bits per heavy atom. The smallest absolute Gasteiger partial charge is 0.197 e. The van der Waals surface area contributed by atoms with Gasteiger partial charge in [0.05, 0.1) is 11.0 Å². The lowest BCUT2D eigenvalue weighted by molar-refractivity contribution is 1.19. The second-order valence-corrected chi connectivity index (χ2v) is 15.7. The van der Waals surface area contributed by atoms with Crippen molar-refractivity contribution in [2.45, 2.75) is 0 Å². The molecule has 0 atom stereocenters. The maximum absolute atomic E-state index is 12.8. The van der Waals surface area contributed by atoms with Crippen LogP contribution in [0.5, 0.6) is 0 Å². The highest BCUT2D eigenvalue weighted by molar-refractivity contribution is 6.07. The van der Waals surface area contributed by atoms with Gasteiger partial charge in [0.1, 0.15) is 22.6 Å². The van der Waals surface area contributed by atoms with Crippen LogP contribution in [0.1, 0.15) is 0 Å². The van der Waals surface area contributed by atoms with Crippen LogP contribution in [0.15, 0.2) is 167 Å². The van der Waals surface area contributed by atoms with E-state index in [-0.39, 0.29) is 10.9 Å². The van der Waals surface area contributed by atoms with Crippen molar-refractivity contribution < 1.29 is 0 Å². The van der Waals surface area contributed by atoms with Gasteiger partial charge in [0, 0.05) is 76.4 Å². The molecule has 7 aromatic carbocycles. The molecular formula is C52H30N10O2. The lowest BCUT2D eigenvalue weighted by Crippen LogP contribution is -2.08. The molecule has 0 aliphatic carbocycles. The van der Waals surface area contributed by atoms with E-state index in [2.05, 4.69) is 19.9 Å². The molecule has 7 heterocycles. The van der Waals surface area contributed by atoms with Crippen LogP contribution >= 0.6 is 0 Å². The van der Waals surface area contributed by atoms with Crippen molar-refractivity contribution in [3.8, 4) is 45.6 Å². The standard InChI is InChI=1S/C32H18N8.C20H12N2O2/c1-2-10-18-17(9-1)25-33-26(18)38-28-21-13-5-6-14-22(21)30(35-28)40-32-24-16-8-7-15-23(24)31(36-32)39-29-20-12-4-3-11-19(20)27(34-29)37-25;23-19-11-5-1-3-7-15(11)21-17-10-14-18(9-13(17)19)22-16-8-4-2-6-12(16)20(14)24/h1-16H,(H2,33,34,35,36,37,38,39,40);1-10H,(H,21,23)(H,22,24). The van der Waals surface area contributed by atoms with E-state index in [1.54, 1.807) is 24.3 Å². The first-order chi connectivity index (χ1) is 31.5. The summed E-state index contributed by atoms with van der Waals surface area (Å²) in [6, 6.07) is 50.6. The molecule has 5 aromatic heterocycles. The highest BCUT2D eigenvalue weighted by atomic mass is 16.1. The van der Waals surface area contributed by atoms with Crippen molar-refractivity contribution in [1.29, 1.82) is 0 Å². The predicted molar refractivity (Wildman–Crippen MR) is 254 cm³/mol. The quantitative estimate of drug-likeness (QED) is 0.109. The molecule has 0 amide bonds. The normalized spacial score (nSPS) is 11.9. The van der Waals surface area contributed by atoms with Crippen molar-refractivity contribution in [3.05, 3.63) is 178 Å². The van der Waals surface area contributed by atoms with E-state index in [1.807, 2.05) is 133 Å². The van der Waals surface area contributed by atoms with Gasteiger partial charge < -0.3 is 19.9 Å². The molecule has 0 saturated heterocycles. The molecule has 2 aliphatic heterocycles. The summed E-state index contributed by atoms with van der Waals surface area (Å²) in [6.45, 7) is 0. The fourth-order valence-electron chi connectivity index (χ4n) is 8.93. The monoisotopic (exact) mass is 826 g/mol. The number of aromatic amines is 4.